The molecule has 0 bridgehead atoms. The van der Waals surface area contributed by atoms with Crippen molar-refractivity contribution >= 4 is 5.91 Å². The molecule has 1 aliphatic rings. The monoisotopic (exact) mass is 261 g/mol. The van der Waals surface area contributed by atoms with Crippen LogP contribution in [0.5, 0.6) is 5.75 Å². The van der Waals surface area contributed by atoms with Gasteiger partial charge in [0.15, 0.2) is 0 Å². The van der Waals surface area contributed by atoms with Gasteiger partial charge in [0.1, 0.15) is 5.75 Å². The number of hydrogen-bond donors (Lipinski definition) is 1. The first-order chi connectivity index (χ1) is 9.24. The van der Waals surface area contributed by atoms with Crippen LogP contribution in [0.3, 0.4) is 0 Å². The zero-order valence-electron chi connectivity index (χ0n) is 11.9. The number of fused-ring (bicyclic) bond motifs is 1. The maximum Gasteiger partial charge on any atom is 0.219 e. The number of carbonyl (C=O) groups is 1. The van der Waals surface area contributed by atoms with Crippen LogP contribution in [0.25, 0.3) is 0 Å². The van der Waals surface area contributed by atoms with E-state index >= 15 is 0 Å². The number of aryl methyl sites for hydroxylation is 1. The second-order valence-electron chi connectivity index (χ2n) is 5.17. The van der Waals surface area contributed by atoms with Crippen molar-refractivity contribution in [3.63, 3.8) is 0 Å². The molecule has 1 N–H and O–H groups in total. The SMILES string of the molecule is CCC(=O)NCC1CCCCc2ccc(OC)cc21. The minimum Gasteiger partial charge on any atom is -0.497 e. The van der Waals surface area contributed by atoms with Gasteiger partial charge >= 0.3 is 0 Å². The Morgan fingerprint density at radius 1 is 1.42 bits per heavy atom. The zero-order valence-corrected chi connectivity index (χ0v) is 11.9. The first kappa shape index (κ1) is 13.9. The Labute approximate surface area is 115 Å². The molecule has 1 amide bonds. The predicted molar refractivity (Wildman–Crippen MR) is 76.6 cm³/mol. The summed E-state index contributed by atoms with van der Waals surface area (Å²) in [5, 5.41) is 3.03. The molecule has 0 radical (unpaired) electrons. The molecule has 0 saturated heterocycles. The fourth-order valence-corrected chi connectivity index (χ4v) is 2.74. The number of hydrogen-bond acceptors (Lipinski definition) is 2. The molecular formula is C16H23NO2. The Hall–Kier alpha value is -1.51. The van der Waals surface area contributed by atoms with E-state index in [9.17, 15) is 4.79 Å². The number of methoxy groups -OCH3 is 1. The Kier molecular flexibility index (Phi) is 4.83. The van der Waals surface area contributed by atoms with Gasteiger partial charge in [0.2, 0.25) is 5.91 Å². The number of amides is 1. The van der Waals surface area contributed by atoms with E-state index in [1.165, 1.54) is 24.0 Å². The van der Waals surface area contributed by atoms with Gasteiger partial charge in [0, 0.05) is 18.9 Å². The third-order valence-corrected chi connectivity index (χ3v) is 3.91. The Bertz CT molecular complexity index is 442. The highest BCUT2D eigenvalue weighted by molar-refractivity contribution is 5.75. The summed E-state index contributed by atoms with van der Waals surface area (Å²) in [5.74, 6) is 1.46. The summed E-state index contributed by atoms with van der Waals surface area (Å²) in [7, 11) is 1.70. The average molecular weight is 261 g/mol. The van der Waals surface area contributed by atoms with Gasteiger partial charge in [-0.05, 0) is 42.5 Å². The van der Waals surface area contributed by atoms with Crippen molar-refractivity contribution in [2.75, 3.05) is 13.7 Å². The molecule has 3 nitrogen and oxygen atoms in total. The van der Waals surface area contributed by atoms with Crippen LogP contribution in [-0.2, 0) is 11.2 Å². The summed E-state index contributed by atoms with van der Waals surface area (Å²) < 4.78 is 5.33. The maximum atomic E-state index is 11.4. The molecule has 3 heteroatoms. The van der Waals surface area contributed by atoms with Crippen molar-refractivity contribution in [3.05, 3.63) is 29.3 Å². The van der Waals surface area contributed by atoms with Gasteiger partial charge in [-0.15, -0.1) is 0 Å². The van der Waals surface area contributed by atoms with Crippen LogP contribution in [0.15, 0.2) is 18.2 Å². The summed E-state index contributed by atoms with van der Waals surface area (Å²) in [6.07, 6.45) is 5.29. The fourth-order valence-electron chi connectivity index (χ4n) is 2.74. The van der Waals surface area contributed by atoms with Crippen molar-refractivity contribution in [3.8, 4) is 5.75 Å². The lowest BCUT2D eigenvalue weighted by Crippen LogP contribution is -2.27. The highest BCUT2D eigenvalue weighted by atomic mass is 16.5. The number of carbonyl (C=O) groups excluding carboxylic acids is 1. The maximum absolute atomic E-state index is 11.4. The second-order valence-corrected chi connectivity index (χ2v) is 5.17. The van der Waals surface area contributed by atoms with E-state index in [1.807, 2.05) is 13.0 Å². The lowest BCUT2D eigenvalue weighted by atomic mass is 9.92. The Morgan fingerprint density at radius 2 is 2.26 bits per heavy atom. The lowest BCUT2D eigenvalue weighted by Gasteiger charge is -2.19. The normalized spacial score (nSPS) is 18.3. The van der Waals surface area contributed by atoms with Crippen molar-refractivity contribution in [2.45, 2.75) is 44.9 Å². The van der Waals surface area contributed by atoms with Crippen LogP contribution >= 0.6 is 0 Å². The number of ether oxygens (including phenoxy) is 1. The highest BCUT2D eigenvalue weighted by Crippen LogP contribution is 2.32. The third-order valence-electron chi connectivity index (χ3n) is 3.91. The number of nitrogens with one attached hydrogen (secondary N) is 1. The van der Waals surface area contributed by atoms with Gasteiger partial charge in [0.05, 0.1) is 7.11 Å². The topological polar surface area (TPSA) is 38.3 Å². The lowest BCUT2D eigenvalue weighted by molar-refractivity contribution is -0.120. The van der Waals surface area contributed by atoms with Crippen LogP contribution in [0.2, 0.25) is 0 Å². The number of benzene rings is 1. The van der Waals surface area contributed by atoms with Crippen molar-refractivity contribution in [1.82, 2.24) is 5.32 Å². The van der Waals surface area contributed by atoms with E-state index in [2.05, 4.69) is 17.4 Å². The molecular weight excluding hydrogens is 238 g/mol. The molecule has 0 aromatic heterocycles. The molecule has 1 aromatic carbocycles. The van der Waals surface area contributed by atoms with Crippen LogP contribution < -0.4 is 10.1 Å². The van der Waals surface area contributed by atoms with Crippen molar-refractivity contribution in [2.24, 2.45) is 0 Å². The molecule has 104 valence electrons. The minimum atomic E-state index is 0.133. The molecule has 1 aromatic rings. The van der Waals surface area contributed by atoms with Gasteiger partial charge < -0.3 is 10.1 Å². The minimum absolute atomic E-state index is 0.133. The van der Waals surface area contributed by atoms with E-state index < -0.39 is 0 Å². The van der Waals surface area contributed by atoms with Crippen molar-refractivity contribution < 1.29 is 9.53 Å². The first-order valence-electron chi connectivity index (χ1n) is 7.18. The summed E-state index contributed by atoms with van der Waals surface area (Å²) in [6.45, 7) is 2.63. The molecule has 0 aliphatic heterocycles. The predicted octanol–water partition coefficient (Wildman–Crippen LogP) is 3.03. The Balaban J connectivity index is 2.18. The number of rotatable bonds is 4. The van der Waals surface area contributed by atoms with E-state index in [0.29, 0.717) is 12.3 Å². The standard InChI is InChI=1S/C16H23NO2/c1-3-16(18)17-11-13-7-5-4-6-12-8-9-14(19-2)10-15(12)13/h8-10,13H,3-7,11H2,1-2H3,(H,17,18). The molecule has 2 rings (SSSR count). The fraction of sp³-hybridized carbons (Fsp3) is 0.562. The van der Waals surface area contributed by atoms with Crippen LogP contribution in [0.1, 0.15) is 49.7 Å². The molecule has 0 heterocycles. The first-order valence-corrected chi connectivity index (χ1v) is 7.18. The van der Waals surface area contributed by atoms with E-state index in [0.717, 1.165) is 25.1 Å². The molecule has 0 saturated carbocycles. The van der Waals surface area contributed by atoms with Gasteiger partial charge in [-0.25, -0.2) is 0 Å². The summed E-state index contributed by atoms with van der Waals surface area (Å²) in [6, 6.07) is 6.35. The highest BCUT2D eigenvalue weighted by Gasteiger charge is 2.19. The molecule has 1 atom stereocenters. The van der Waals surface area contributed by atoms with Gasteiger partial charge in [-0.3, -0.25) is 4.79 Å². The van der Waals surface area contributed by atoms with Crippen molar-refractivity contribution in [1.29, 1.82) is 0 Å². The van der Waals surface area contributed by atoms with Gasteiger partial charge in [-0.2, -0.15) is 0 Å². The summed E-state index contributed by atoms with van der Waals surface area (Å²) in [5.41, 5.74) is 2.77. The van der Waals surface area contributed by atoms with E-state index in [1.54, 1.807) is 7.11 Å². The zero-order chi connectivity index (χ0) is 13.7. The summed E-state index contributed by atoms with van der Waals surface area (Å²) in [4.78, 5) is 11.4. The van der Waals surface area contributed by atoms with Crippen LogP contribution in [0, 0.1) is 0 Å². The second kappa shape index (κ2) is 6.60. The molecule has 1 unspecified atom stereocenters. The molecule has 1 aliphatic carbocycles. The molecule has 19 heavy (non-hydrogen) atoms. The smallest absolute Gasteiger partial charge is 0.219 e. The van der Waals surface area contributed by atoms with E-state index in [4.69, 9.17) is 4.74 Å². The largest absolute Gasteiger partial charge is 0.497 e. The average Bonchev–Trinajstić information content (AvgIpc) is 2.66. The molecule has 0 spiro atoms. The van der Waals surface area contributed by atoms with Crippen LogP contribution in [-0.4, -0.2) is 19.6 Å². The summed E-state index contributed by atoms with van der Waals surface area (Å²) >= 11 is 0. The quantitative estimate of drug-likeness (QED) is 0.846. The van der Waals surface area contributed by atoms with E-state index in [-0.39, 0.29) is 5.91 Å². The third kappa shape index (κ3) is 3.49. The van der Waals surface area contributed by atoms with Gasteiger partial charge in [0.25, 0.3) is 0 Å². The Morgan fingerprint density at radius 3 is 3.00 bits per heavy atom. The van der Waals surface area contributed by atoms with Gasteiger partial charge in [-0.1, -0.05) is 19.4 Å². The van der Waals surface area contributed by atoms with Crippen LogP contribution in [0.4, 0.5) is 0 Å². The molecule has 0 fully saturated rings.